The molecule has 0 aliphatic heterocycles. The summed E-state index contributed by atoms with van der Waals surface area (Å²) < 4.78 is 0. The SMILES string of the molecule is Cc1nccc(-c2ncc(CN)c(C(C)C)n2)n1. The van der Waals surface area contributed by atoms with Gasteiger partial charge >= 0.3 is 0 Å². The second kappa shape index (κ2) is 5.18. The van der Waals surface area contributed by atoms with Crippen LogP contribution in [0.3, 0.4) is 0 Å². The molecule has 0 saturated carbocycles. The summed E-state index contributed by atoms with van der Waals surface area (Å²) in [6, 6.07) is 1.81. The van der Waals surface area contributed by atoms with Crippen LogP contribution in [0.2, 0.25) is 0 Å². The molecule has 2 heterocycles. The zero-order valence-electron chi connectivity index (χ0n) is 10.9. The second-order valence-corrected chi connectivity index (χ2v) is 4.45. The number of aromatic nitrogens is 4. The van der Waals surface area contributed by atoms with Gasteiger partial charge in [-0.3, -0.25) is 0 Å². The maximum atomic E-state index is 5.70. The molecule has 0 aliphatic carbocycles. The van der Waals surface area contributed by atoms with Gasteiger partial charge in [-0.25, -0.2) is 19.9 Å². The lowest BCUT2D eigenvalue weighted by Crippen LogP contribution is -2.08. The molecular weight excluding hydrogens is 226 g/mol. The predicted octanol–water partition coefficient (Wildman–Crippen LogP) is 1.82. The molecule has 0 aromatic carbocycles. The topological polar surface area (TPSA) is 77.6 Å². The van der Waals surface area contributed by atoms with Crippen LogP contribution in [0.25, 0.3) is 11.5 Å². The van der Waals surface area contributed by atoms with Crippen molar-refractivity contribution in [1.29, 1.82) is 0 Å². The Morgan fingerprint density at radius 1 is 1.22 bits per heavy atom. The number of hydrogen-bond acceptors (Lipinski definition) is 5. The first-order valence-corrected chi connectivity index (χ1v) is 5.97. The van der Waals surface area contributed by atoms with E-state index < -0.39 is 0 Å². The molecule has 0 atom stereocenters. The third-order valence-electron chi connectivity index (χ3n) is 2.67. The Labute approximate surface area is 107 Å². The van der Waals surface area contributed by atoms with Crippen LogP contribution < -0.4 is 5.73 Å². The highest BCUT2D eigenvalue weighted by Gasteiger charge is 2.11. The smallest absolute Gasteiger partial charge is 0.178 e. The van der Waals surface area contributed by atoms with Crippen molar-refractivity contribution in [2.24, 2.45) is 5.73 Å². The van der Waals surface area contributed by atoms with Gasteiger partial charge in [0.25, 0.3) is 0 Å². The van der Waals surface area contributed by atoms with Crippen LogP contribution in [0.15, 0.2) is 18.5 Å². The Kier molecular flexibility index (Phi) is 3.62. The largest absolute Gasteiger partial charge is 0.326 e. The van der Waals surface area contributed by atoms with E-state index in [0.717, 1.165) is 17.0 Å². The molecule has 2 N–H and O–H groups in total. The van der Waals surface area contributed by atoms with E-state index in [9.17, 15) is 0 Å². The molecular formula is C13H17N5. The maximum absolute atomic E-state index is 5.70. The quantitative estimate of drug-likeness (QED) is 0.889. The normalized spacial score (nSPS) is 10.9. The van der Waals surface area contributed by atoms with E-state index in [1.165, 1.54) is 0 Å². The Balaban J connectivity index is 2.50. The lowest BCUT2D eigenvalue weighted by atomic mass is 10.1. The highest BCUT2D eigenvalue weighted by molar-refractivity contribution is 5.49. The van der Waals surface area contributed by atoms with E-state index >= 15 is 0 Å². The Morgan fingerprint density at radius 3 is 2.61 bits per heavy atom. The average Bonchev–Trinajstić information content (AvgIpc) is 2.38. The van der Waals surface area contributed by atoms with Crippen LogP contribution in [0, 0.1) is 6.92 Å². The number of aryl methyl sites for hydroxylation is 1. The van der Waals surface area contributed by atoms with Gasteiger partial charge in [-0.1, -0.05) is 13.8 Å². The van der Waals surface area contributed by atoms with Gasteiger partial charge in [0.15, 0.2) is 5.82 Å². The van der Waals surface area contributed by atoms with Gasteiger partial charge < -0.3 is 5.73 Å². The third-order valence-corrected chi connectivity index (χ3v) is 2.67. The molecule has 0 radical (unpaired) electrons. The van der Waals surface area contributed by atoms with Crippen molar-refractivity contribution in [3.63, 3.8) is 0 Å². The van der Waals surface area contributed by atoms with E-state index in [1.807, 2.05) is 13.0 Å². The fourth-order valence-electron chi connectivity index (χ4n) is 1.78. The lowest BCUT2D eigenvalue weighted by molar-refractivity contribution is 0.786. The van der Waals surface area contributed by atoms with Gasteiger partial charge in [0.2, 0.25) is 0 Å². The molecule has 0 fully saturated rings. The highest BCUT2D eigenvalue weighted by Crippen LogP contribution is 2.19. The standard InChI is InChI=1S/C13H17N5/c1-8(2)12-10(6-14)7-16-13(18-12)11-4-5-15-9(3)17-11/h4-5,7-8H,6,14H2,1-3H3. The van der Waals surface area contributed by atoms with Crippen LogP contribution in [-0.2, 0) is 6.54 Å². The minimum absolute atomic E-state index is 0.313. The summed E-state index contributed by atoms with van der Waals surface area (Å²) in [6.07, 6.45) is 3.50. The molecule has 2 aromatic rings. The summed E-state index contributed by atoms with van der Waals surface area (Å²) in [7, 11) is 0. The fraction of sp³-hybridized carbons (Fsp3) is 0.385. The van der Waals surface area contributed by atoms with Crippen LogP contribution in [-0.4, -0.2) is 19.9 Å². The van der Waals surface area contributed by atoms with Gasteiger partial charge in [-0.05, 0) is 18.9 Å². The van der Waals surface area contributed by atoms with Crippen LogP contribution >= 0.6 is 0 Å². The number of nitrogens with two attached hydrogens (primary N) is 1. The molecule has 18 heavy (non-hydrogen) atoms. The zero-order chi connectivity index (χ0) is 13.1. The summed E-state index contributed by atoms with van der Waals surface area (Å²) >= 11 is 0. The molecule has 94 valence electrons. The molecule has 0 aliphatic rings. The number of rotatable bonds is 3. The van der Waals surface area contributed by atoms with Crippen LogP contribution in [0.5, 0.6) is 0 Å². The molecule has 2 rings (SSSR count). The molecule has 0 saturated heterocycles. The van der Waals surface area contributed by atoms with Crippen molar-refractivity contribution in [2.45, 2.75) is 33.2 Å². The molecule has 5 nitrogen and oxygen atoms in total. The van der Waals surface area contributed by atoms with Crippen molar-refractivity contribution in [1.82, 2.24) is 19.9 Å². The van der Waals surface area contributed by atoms with Gasteiger partial charge in [0, 0.05) is 24.5 Å². The molecule has 0 amide bonds. The first-order valence-electron chi connectivity index (χ1n) is 5.97. The predicted molar refractivity (Wildman–Crippen MR) is 69.8 cm³/mol. The maximum Gasteiger partial charge on any atom is 0.178 e. The molecule has 0 bridgehead atoms. The highest BCUT2D eigenvalue weighted by atomic mass is 15.0. The van der Waals surface area contributed by atoms with Crippen LogP contribution in [0.1, 0.15) is 36.8 Å². The number of hydrogen-bond donors (Lipinski definition) is 1. The Hall–Kier alpha value is -1.88. The molecule has 0 unspecified atom stereocenters. The summed E-state index contributed by atoms with van der Waals surface area (Å²) in [5, 5.41) is 0. The average molecular weight is 243 g/mol. The minimum atomic E-state index is 0.313. The number of nitrogens with zero attached hydrogens (tertiary/aromatic N) is 4. The second-order valence-electron chi connectivity index (χ2n) is 4.45. The van der Waals surface area contributed by atoms with Gasteiger partial charge in [0.1, 0.15) is 11.5 Å². The van der Waals surface area contributed by atoms with Crippen molar-refractivity contribution >= 4 is 0 Å². The zero-order valence-corrected chi connectivity index (χ0v) is 10.9. The van der Waals surface area contributed by atoms with Crippen molar-refractivity contribution in [3.8, 4) is 11.5 Å². The van der Waals surface area contributed by atoms with Crippen molar-refractivity contribution in [2.75, 3.05) is 0 Å². The molecule has 5 heteroatoms. The third kappa shape index (κ3) is 2.51. The van der Waals surface area contributed by atoms with Gasteiger partial charge in [0.05, 0.1) is 5.69 Å². The Bertz CT molecular complexity index is 551. The summed E-state index contributed by atoms with van der Waals surface area (Å²) in [5.41, 5.74) is 8.41. The van der Waals surface area contributed by atoms with E-state index in [1.54, 1.807) is 12.4 Å². The van der Waals surface area contributed by atoms with Crippen LogP contribution in [0.4, 0.5) is 0 Å². The minimum Gasteiger partial charge on any atom is -0.326 e. The summed E-state index contributed by atoms with van der Waals surface area (Å²) in [6.45, 7) is 6.49. The lowest BCUT2D eigenvalue weighted by Gasteiger charge is -2.11. The van der Waals surface area contributed by atoms with E-state index in [4.69, 9.17) is 5.73 Å². The van der Waals surface area contributed by atoms with E-state index in [0.29, 0.717) is 24.1 Å². The summed E-state index contributed by atoms with van der Waals surface area (Å²) in [4.78, 5) is 17.3. The van der Waals surface area contributed by atoms with Crippen molar-refractivity contribution < 1.29 is 0 Å². The molecule has 0 spiro atoms. The Morgan fingerprint density at radius 2 is 2.00 bits per heavy atom. The monoisotopic (exact) mass is 243 g/mol. The fourth-order valence-corrected chi connectivity index (χ4v) is 1.78. The van der Waals surface area contributed by atoms with Gasteiger partial charge in [-0.15, -0.1) is 0 Å². The summed E-state index contributed by atoms with van der Waals surface area (Å²) in [5.74, 6) is 1.65. The molecule has 2 aromatic heterocycles. The van der Waals surface area contributed by atoms with Gasteiger partial charge in [-0.2, -0.15) is 0 Å². The van der Waals surface area contributed by atoms with E-state index in [-0.39, 0.29) is 0 Å². The van der Waals surface area contributed by atoms with E-state index in [2.05, 4.69) is 33.8 Å². The first-order chi connectivity index (χ1) is 8.61. The first kappa shape index (κ1) is 12.6. The van der Waals surface area contributed by atoms with Crippen molar-refractivity contribution in [3.05, 3.63) is 35.5 Å².